The highest BCUT2D eigenvalue weighted by Gasteiger charge is 2.18. The lowest BCUT2D eigenvalue weighted by Crippen LogP contribution is -2.11. The van der Waals surface area contributed by atoms with E-state index in [0.29, 0.717) is 5.69 Å². The van der Waals surface area contributed by atoms with E-state index in [-0.39, 0.29) is 10.2 Å². The van der Waals surface area contributed by atoms with Crippen LogP contribution in [-0.2, 0) is 0 Å². The van der Waals surface area contributed by atoms with Crippen molar-refractivity contribution in [1.82, 2.24) is 0 Å². The summed E-state index contributed by atoms with van der Waals surface area (Å²) in [5.74, 6) is -0.637. The van der Waals surface area contributed by atoms with Crippen molar-refractivity contribution in [2.45, 2.75) is 0 Å². The van der Waals surface area contributed by atoms with Gasteiger partial charge in [-0.1, -0.05) is 0 Å². The quantitative estimate of drug-likeness (QED) is 0.608. The molecule has 0 spiro atoms. The van der Waals surface area contributed by atoms with Crippen LogP contribution in [-0.4, -0.2) is 19.0 Å². The molecule has 0 aliphatic heterocycles. The van der Waals surface area contributed by atoms with Gasteiger partial charge in [-0.3, -0.25) is 10.1 Å². The molecule has 0 aromatic heterocycles. The molecule has 0 saturated heterocycles. The molecule has 0 fully saturated rings. The van der Waals surface area contributed by atoms with E-state index in [1.54, 1.807) is 19.0 Å². The summed E-state index contributed by atoms with van der Waals surface area (Å²) >= 11 is 2.97. The summed E-state index contributed by atoms with van der Waals surface area (Å²) in [5.41, 5.74) is 0.124. The van der Waals surface area contributed by atoms with Crippen LogP contribution < -0.4 is 4.90 Å². The van der Waals surface area contributed by atoms with Gasteiger partial charge >= 0.3 is 0 Å². The van der Waals surface area contributed by atoms with Gasteiger partial charge in [-0.2, -0.15) is 0 Å². The molecule has 76 valence electrons. The second-order valence-corrected chi connectivity index (χ2v) is 3.76. The molecule has 0 atom stereocenters. The van der Waals surface area contributed by atoms with Crippen LogP contribution in [0.4, 0.5) is 15.8 Å². The summed E-state index contributed by atoms with van der Waals surface area (Å²) in [6.07, 6.45) is 0. The Hall–Kier alpha value is -1.17. The zero-order chi connectivity index (χ0) is 10.9. The van der Waals surface area contributed by atoms with Crippen molar-refractivity contribution in [3.8, 4) is 0 Å². The van der Waals surface area contributed by atoms with Crippen molar-refractivity contribution in [1.29, 1.82) is 0 Å². The molecule has 0 aliphatic carbocycles. The van der Waals surface area contributed by atoms with Crippen molar-refractivity contribution in [2.75, 3.05) is 19.0 Å². The molecule has 1 aromatic carbocycles. The van der Waals surface area contributed by atoms with E-state index < -0.39 is 10.7 Å². The topological polar surface area (TPSA) is 46.4 Å². The van der Waals surface area contributed by atoms with Crippen LogP contribution in [0.1, 0.15) is 0 Å². The third-order valence-electron chi connectivity index (χ3n) is 1.70. The number of benzene rings is 1. The van der Waals surface area contributed by atoms with Crippen LogP contribution in [0.2, 0.25) is 0 Å². The van der Waals surface area contributed by atoms with E-state index in [1.165, 1.54) is 6.07 Å². The SMILES string of the molecule is CN(C)c1cc(Br)c(F)cc1[N+](=O)[O-]. The summed E-state index contributed by atoms with van der Waals surface area (Å²) in [7, 11) is 3.32. The molecule has 0 heterocycles. The molecular weight excluding hydrogens is 255 g/mol. The Morgan fingerprint density at radius 2 is 2.07 bits per heavy atom. The Kier molecular flexibility index (Phi) is 3.05. The largest absolute Gasteiger partial charge is 0.372 e. The number of nitrogens with zero attached hydrogens (tertiary/aromatic N) is 2. The Bertz CT molecular complexity index is 382. The molecule has 1 aromatic rings. The maximum atomic E-state index is 13.0. The third-order valence-corrected chi connectivity index (χ3v) is 2.30. The van der Waals surface area contributed by atoms with Gasteiger partial charge in [0.15, 0.2) is 0 Å². The summed E-state index contributed by atoms with van der Waals surface area (Å²) < 4.78 is 13.2. The highest BCUT2D eigenvalue weighted by atomic mass is 79.9. The summed E-state index contributed by atoms with van der Waals surface area (Å²) in [6.45, 7) is 0. The smallest absolute Gasteiger partial charge is 0.295 e. The van der Waals surface area contributed by atoms with Gasteiger partial charge in [-0.05, 0) is 22.0 Å². The van der Waals surface area contributed by atoms with Gasteiger partial charge in [0.05, 0.1) is 15.5 Å². The highest BCUT2D eigenvalue weighted by molar-refractivity contribution is 9.10. The number of hydrogen-bond donors (Lipinski definition) is 0. The summed E-state index contributed by atoms with van der Waals surface area (Å²) in [5, 5.41) is 10.6. The predicted molar refractivity (Wildman–Crippen MR) is 55.1 cm³/mol. The number of nitro groups is 1. The molecule has 0 radical (unpaired) electrons. The first-order chi connectivity index (χ1) is 6.43. The van der Waals surface area contributed by atoms with Gasteiger partial charge in [-0.25, -0.2) is 4.39 Å². The fourth-order valence-electron chi connectivity index (χ4n) is 1.03. The average molecular weight is 263 g/mol. The van der Waals surface area contributed by atoms with Gasteiger partial charge in [0.1, 0.15) is 11.5 Å². The van der Waals surface area contributed by atoms with E-state index in [0.717, 1.165) is 6.07 Å². The Morgan fingerprint density at radius 1 is 1.50 bits per heavy atom. The van der Waals surface area contributed by atoms with Crippen molar-refractivity contribution in [3.63, 3.8) is 0 Å². The van der Waals surface area contributed by atoms with Crippen LogP contribution in [0.5, 0.6) is 0 Å². The third kappa shape index (κ3) is 2.01. The van der Waals surface area contributed by atoms with Gasteiger partial charge < -0.3 is 4.90 Å². The second-order valence-electron chi connectivity index (χ2n) is 2.91. The molecule has 14 heavy (non-hydrogen) atoms. The Morgan fingerprint density at radius 3 is 2.50 bits per heavy atom. The van der Waals surface area contributed by atoms with Crippen molar-refractivity contribution in [3.05, 3.63) is 32.5 Å². The lowest BCUT2D eigenvalue weighted by atomic mass is 10.2. The number of halogens is 2. The van der Waals surface area contributed by atoms with E-state index in [4.69, 9.17) is 0 Å². The monoisotopic (exact) mass is 262 g/mol. The van der Waals surface area contributed by atoms with E-state index in [9.17, 15) is 14.5 Å². The predicted octanol–water partition coefficient (Wildman–Crippen LogP) is 2.56. The van der Waals surface area contributed by atoms with Crippen LogP contribution in [0.3, 0.4) is 0 Å². The molecule has 0 bridgehead atoms. The lowest BCUT2D eigenvalue weighted by molar-refractivity contribution is -0.384. The minimum Gasteiger partial charge on any atom is -0.372 e. The Labute approximate surface area is 88.6 Å². The van der Waals surface area contributed by atoms with Crippen LogP contribution in [0, 0.1) is 15.9 Å². The average Bonchev–Trinajstić information content (AvgIpc) is 2.08. The molecule has 0 amide bonds. The van der Waals surface area contributed by atoms with Gasteiger partial charge in [0.25, 0.3) is 5.69 Å². The number of anilines is 1. The normalized spacial score (nSPS) is 10.0. The number of hydrogen-bond acceptors (Lipinski definition) is 3. The minimum atomic E-state index is -0.637. The van der Waals surface area contributed by atoms with E-state index in [1.807, 2.05) is 0 Å². The maximum absolute atomic E-state index is 13.0. The molecule has 0 saturated carbocycles. The fraction of sp³-hybridized carbons (Fsp3) is 0.250. The Balaban J connectivity index is 3.39. The lowest BCUT2D eigenvalue weighted by Gasteiger charge is -2.12. The molecule has 6 heteroatoms. The first-order valence-electron chi connectivity index (χ1n) is 3.74. The number of nitro benzene ring substituents is 1. The maximum Gasteiger partial charge on any atom is 0.295 e. The first-order valence-corrected chi connectivity index (χ1v) is 4.53. The van der Waals surface area contributed by atoms with E-state index >= 15 is 0 Å². The standard InChI is InChI=1S/C8H8BrFN2O2/c1-11(2)7-3-5(9)6(10)4-8(7)12(13)14/h3-4H,1-2H3. The first kappa shape index (κ1) is 10.9. The van der Waals surface area contributed by atoms with Gasteiger partial charge in [0.2, 0.25) is 0 Å². The molecule has 4 nitrogen and oxygen atoms in total. The van der Waals surface area contributed by atoms with E-state index in [2.05, 4.69) is 15.9 Å². The van der Waals surface area contributed by atoms with Gasteiger partial charge in [0, 0.05) is 14.1 Å². The van der Waals surface area contributed by atoms with Crippen molar-refractivity contribution in [2.24, 2.45) is 0 Å². The molecule has 0 aliphatic rings. The van der Waals surface area contributed by atoms with Crippen LogP contribution >= 0.6 is 15.9 Å². The van der Waals surface area contributed by atoms with Crippen molar-refractivity contribution >= 4 is 27.3 Å². The number of rotatable bonds is 2. The summed E-state index contributed by atoms with van der Waals surface area (Å²) in [6, 6.07) is 2.28. The molecule has 0 unspecified atom stereocenters. The minimum absolute atomic E-state index is 0.215. The van der Waals surface area contributed by atoms with Crippen LogP contribution in [0.25, 0.3) is 0 Å². The van der Waals surface area contributed by atoms with Crippen LogP contribution in [0.15, 0.2) is 16.6 Å². The molecule has 1 rings (SSSR count). The fourth-order valence-corrected chi connectivity index (χ4v) is 1.36. The summed E-state index contributed by atoms with van der Waals surface area (Å²) in [4.78, 5) is 11.5. The zero-order valence-corrected chi connectivity index (χ0v) is 9.21. The molecule has 0 N–H and O–H groups in total. The zero-order valence-electron chi connectivity index (χ0n) is 7.62. The van der Waals surface area contributed by atoms with Gasteiger partial charge in [-0.15, -0.1) is 0 Å². The highest BCUT2D eigenvalue weighted by Crippen LogP contribution is 2.31. The second kappa shape index (κ2) is 3.91. The van der Waals surface area contributed by atoms with Crippen molar-refractivity contribution < 1.29 is 9.31 Å². The molecular formula is C8H8BrFN2O2.